The van der Waals surface area contributed by atoms with Crippen LogP contribution in [-0.2, 0) is 0 Å². The van der Waals surface area contributed by atoms with E-state index in [9.17, 15) is 9.59 Å². The van der Waals surface area contributed by atoms with E-state index >= 15 is 0 Å². The number of methoxy groups -OCH3 is 1. The SMILES string of the molecule is COc1ccc(Br)c2cc(C(=O)O)c(=O)oc12. The largest absolute Gasteiger partial charge is 0.493 e. The summed E-state index contributed by atoms with van der Waals surface area (Å²) in [5.74, 6) is -0.951. The van der Waals surface area contributed by atoms with E-state index in [-0.39, 0.29) is 5.58 Å². The van der Waals surface area contributed by atoms with Gasteiger partial charge in [-0.2, -0.15) is 0 Å². The van der Waals surface area contributed by atoms with Gasteiger partial charge in [0, 0.05) is 9.86 Å². The summed E-state index contributed by atoms with van der Waals surface area (Å²) in [4.78, 5) is 22.3. The van der Waals surface area contributed by atoms with Crippen LogP contribution in [0.25, 0.3) is 11.0 Å². The quantitative estimate of drug-likeness (QED) is 0.861. The standard InChI is InChI=1S/C11H7BrO5/c1-16-8-3-2-7(12)5-4-6(10(13)14)11(15)17-9(5)8/h2-4H,1H3,(H,13,14). The molecule has 0 fully saturated rings. The zero-order chi connectivity index (χ0) is 12.6. The maximum Gasteiger partial charge on any atom is 0.351 e. The van der Waals surface area contributed by atoms with Crippen molar-refractivity contribution in [1.82, 2.24) is 0 Å². The molecule has 2 aromatic rings. The third kappa shape index (κ3) is 1.91. The Hall–Kier alpha value is -1.82. The summed E-state index contributed by atoms with van der Waals surface area (Å²) in [7, 11) is 1.44. The van der Waals surface area contributed by atoms with E-state index in [1.54, 1.807) is 12.1 Å². The number of rotatable bonds is 2. The topological polar surface area (TPSA) is 76.7 Å². The Morgan fingerprint density at radius 2 is 2.18 bits per heavy atom. The van der Waals surface area contributed by atoms with E-state index in [0.29, 0.717) is 15.6 Å². The second-order valence-electron chi connectivity index (χ2n) is 3.25. The molecule has 1 heterocycles. The molecule has 1 aromatic carbocycles. The molecule has 0 atom stereocenters. The van der Waals surface area contributed by atoms with Crippen molar-refractivity contribution < 1.29 is 19.1 Å². The molecule has 0 aliphatic carbocycles. The smallest absolute Gasteiger partial charge is 0.351 e. The van der Waals surface area contributed by atoms with E-state index in [4.69, 9.17) is 14.3 Å². The number of hydrogen-bond donors (Lipinski definition) is 1. The van der Waals surface area contributed by atoms with Gasteiger partial charge in [-0.3, -0.25) is 0 Å². The molecule has 2 rings (SSSR count). The average Bonchev–Trinajstić information content (AvgIpc) is 2.28. The molecular formula is C11H7BrO5. The first-order valence-electron chi connectivity index (χ1n) is 4.58. The van der Waals surface area contributed by atoms with Crippen LogP contribution in [0.3, 0.4) is 0 Å². The number of carbonyl (C=O) groups is 1. The maximum atomic E-state index is 11.4. The summed E-state index contributed by atoms with van der Waals surface area (Å²) in [5.41, 5.74) is -1.09. The minimum atomic E-state index is -1.32. The van der Waals surface area contributed by atoms with Crippen LogP contribution in [0.2, 0.25) is 0 Å². The van der Waals surface area contributed by atoms with Crippen molar-refractivity contribution in [2.75, 3.05) is 7.11 Å². The summed E-state index contributed by atoms with van der Waals surface area (Å²) in [6.45, 7) is 0. The van der Waals surface area contributed by atoms with Crippen molar-refractivity contribution >= 4 is 32.9 Å². The minimum absolute atomic E-state index is 0.219. The molecule has 0 aliphatic heterocycles. The highest BCUT2D eigenvalue weighted by molar-refractivity contribution is 9.10. The predicted octanol–water partition coefficient (Wildman–Crippen LogP) is 2.26. The third-order valence-corrected chi connectivity index (χ3v) is 2.95. The molecular weight excluding hydrogens is 292 g/mol. The molecule has 88 valence electrons. The molecule has 0 aliphatic rings. The first-order valence-corrected chi connectivity index (χ1v) is 5.37. The van der Waals surface area contributed by atoms with E-state index in [1.807, 2.05) is 0 Å². The van der Waals surface area contributed by atoms with Gasteiger partial charge < -0.3 is 14.3 Å². The number of halogens is 1. The molecule has 0 spiro atoms. The lowest BCUT2D eigenvalue weighted by Crippen LogP contribution is -2.13. The zero-order valence-corrected chi connectivity index (χ0v) is 10.3. The molecule has 1 aromatic heterocycles. The highest BCUT2D eigenvalue weighted by atomic mass is 79.9. The first kappa shape index (κ1) is 11.7. The molecule has 0 bridgehead atoms. The minimum Gasteiger partial charge on any atom is -0.493 e. The van der Waals surface area contributed by atoms with Crippen LogP contribution in [-0.4, -0.2) is 18.2 Å². The van der Waals surface area contributed by atoms with Crippen molar-refractivity contribution in [3.63, 3.8) is 0 Å². The lowest BCUT2D eigenvalue weighted by atomic mass is 10.2. The van der Waals surface area contributed by atoms with Gasteiger partial charge in [0.05, 0.1) is 7.11 Å². The average molecular weight is 299 g/mol. The van der Waals surface area contributed by atoms with Crippen molar-refractivity contribution in [1.29, 1.82) is 0 Å². The maximum absolute atomic E-state index is 11.4. The number of carboxylic acid groups (broad SMARTS) is 1. The molecule has 5 nitrogen and oxygen atoms in total. The highest BCUT2D eigenvalue weighted by Gasteiger charge is 2.15. The van der Waals surface area contributed by atoms with Crippen LogP contribution in [0.15, 0.2) is 31.9 Å². The lowest BCUT2D eigenvalue weighted by Gasteiger charge is -2.05. The number of fused-ring (bicyclic) bond motifs is 1. The summed E-state index contributed by atoms with van der Waals surface area (Å²) in [5, 5.41) is 9.31. The summed E-state index contributed by atoms with van der Waals surface area (Å²) in [6.07, 6.45) is 0. The van der Waals surface area contributed by atoms with Crippen LogP contribution in [0.5, 0.6) is 5.75 Å². The van der Waals surface area contributed by atoms with Crippen molar-refractivity contribution in [3.05, 3.63) is 38.7 Å². The Morgan fingerprint density at radius 1 is 1.47 bits per heavy atom. The van der Waals surface area contributed by atoms with Crippen LogP contribution < -0.4 is 10.4 Å². The van der Waals surface area contributed by atoms with Gasteiger partial charge in [0.15, 0.2) is 11.3 Å². The van der Waals surface area contributed by atoms with E-state index in [1.165, 1.54) is 13.2 Å². The van der Waals surface area contributed by atoms with Gasteiger partial charge in [0.1, 0.15) is 5.56 Å². The number of hydrogen-bond acceptors (Lipinski definition) is 4. The summed E-state index contributed by atoms with van der Waals surface area (Å²) < 4.78 is 10.6. The third-order valence-electron chi connectivity index (χ3n) is 2.26. The van der Waals surface area contributed by atoms with Crippen molar-refractivity contribution in [2.45, 2.75) is 0 Å². The second-order valence-corrected chi connectivity index (χ2v) is 4.10. The van der Waals surface area contributed by atoms with E-state index in [0.717, 1.165) is 0 Å². The van der Waals surface area contributed by atoms with Gasteiger partial charge in [-0.25, -0.2) is 9.59 Å². The molecule has 0 amide bonds. The predicted molar refractivity (Wildman–Crippen MR) is 63.7 cm³/mol. The Labute approximate surface area is 104 Å². The zero-order valence-electron chi connectivity index (χ0n) is 8.69. The van der Waals surface area contributed by atoms with Gasteiger partial charge in [-0.05, 0) is 18.2 Å². The molecule has 0 radical (unpaired) electrons. The number of ether oxygens (including phenoxy) is 1. The molecule has 1 N–H and O–H groups in total. The normalized spacial score (nSPS) is 10.5. The van der Waals surface area contributed by atoms with Crippen LogP contribution >= 0.6 is 15.9 Å². The van der Waals surface area contributed by atoms with Gasteiger partial charge in [0.2, 0.25) is 0 Å². The molecule has 17 heavy (non-hydrogen) atoms. The first-order chi connectivity index (χ1) is 8.04. The fourth-order valence-corrected chi connectivity index (χ4v) is 1.88. The van der Waals surface area contributed by atoms with E-state index in [2.05, 4.69) is 15.9 Å². The highest BCUT2D eigenvalue weighted by Crippen LogP contribution is 2.31. The number of carboxylic acids is 1. The van der Waals surface area contributed by atoms with Crippen LogP contribution in [0.1, 0.15) is 10.4 Å². The molecule has 0 unspecified atom stereocenters. The molecule has 0 saturated heterocycles. The fraction of sp³-hybridized carbons (Fsp3) is 0.0909. The number of aromatic carboxylic acids is 1. The van der Waals surface area contributed by atoms with E-state index < -0.39 is 17.2 Å². The Morgan fingerprint density at radius 3 is 2.76 bits per heavy atom. The van der Waals surface area contributed by atoms with Gasteiger partial charge in [-0.1, -0.05) is 15.9 Å². The Kier molecular flexibility index (Phi) is 2.89. The van der Waals surface area contributed by atoms with Gasteiger partial charge >= 0.3 is 11.6 Å². The summed E-state index contributed by atoms with van der Waals surface area (Å²) in [6, 6.07) is 4.57. The van der Waals surface area contributed by atoms with Crippen LogP contribution in [0, 0.1) is 0 Å². The van der Waals surface area contributed by atoms with Gasteiger partial charge in [0.25, 0.3) is 0 Å². The van der Waals surface area contributed by atoms with Gasteiger partial charge in [-0.15, -0.1) is 0 Å². The second kappa shape index (κ2) is 4.21. The molecule has 6 heteroatoms. The lowest BCUT2D eigenvalue weighted by molar-refractivity contribution is 0.0692. The Balaban J connectivity index is 2.91. The fourth-order valence-electron chi connectivity index (χ4n) is 1.46. The molecule has 0 saturated carbocycles. The monoisotopic (exact) mass is 298 g/mol. The van der Waals surface area contributed by atoms with Crippen molar-refractivity contribution in [2.24, 2.45) is 0 Å². The van der Waals surface area contributed by atoms with Crippen LogP contribution in [0.4, 0.5) is 0 Å². The van der Waals surface area contributed by atoms with Crippen molar-refractivity contribution in [3.8, 4) is 5.75 Å². The summed E-state index contributed by atoms with van der Waals surface area (Å²) >= 11 is 3.26. The number of benzene rings is 1. The Bertz CT molecular complexity index is 659.